The van der Waals surface area contributed by atoms with Gasteiger partial charge in [0, 0.05) is 33.5 Å². The normalized spacial score (nSPS) is 12.5. The van der Waals surface area contributed by atoms with Gasteiger partial charge in [-0.25, -0.2) is 0 Å². The van der Waals surface area contributed by atoms with Crippen LogP contribution in [0, 0.1) is 0 Å². The average Bonchev–Trinajstić information content (AvgIpc) is 3.93. The van der Waals surface area contributed by atoms with E-state index in [0.717, 1.165) is 28.3 Å². The summed E-state index contributed by atoms with van der Waals surface area (Å²) < 4.78 is 2.38. The summed E-state index contributed by atoms with van der Waals surface area (Å²) in [7, 11) is 0. The van der Waals surface area contributed by atoms with E-state index in [-0.39, 0.29) is 0 Å². The van der Waals surface area contributed by atoms with E-state index in [9.17, 15) is 0 Å². The van der Waals surface area contributed by atoms with Gasteiger partial charge in [-0.1, -0.05) is 200 Å². The number of benzene rings is 11. The maximum atomic E-state index is 2.39. The van der Waals surface area contributed by atoms with Gasteiger partial charge in [-0.15, -0.1) is 0 Å². The molecule has 0 bridgehead atoms. The Morgan fingerprint density at radius 1 is 0.275 bits per heavy atom. The maximum absolute atomic E-state index is 2.39. The second-order valence-corrected chi connectivity index (χ2v) is 18.1. The molecule has 0 atom stereocenters. The number of para-hydroxylation sites is 2. The Hall–Kier alpha value is -8.98. The fourth-order valence-corrected chi connectivity index (χ4v) is 11.2. The SMILES string of the molecule is c1ccc(-c2cc(-c3ccccc3)cc(-c3ccc(N(c4ccc(-n5c6ccccc6c6ccccc65)cc4)c4ccc(C5(c6ccccc6)c6ccccc6-c6ccccc65)cc4)cc3)c2)cc1. The van der Waals surface area contributed by atoms with E-state index in [2.05, 4.69) is 289 Å². The summed E-state index contributed by atoms with van der Waals surface area (Å²) in [6, 6.07) is 102. The van der Waals surface area contributed by atoms with Crippen molar-refractivity contribution >= 4 is 38.9 Å². The van der Waals surface area contributed by atoms with Gasteiger partial charge in [-0.05, 0) is 146 Å². The van der Waals surface area contributed by atoms with Gasteiger partial charge in [0.15, 0.2) is 0 Å². The van der Waals surface area contributed by atoms with Gasteiger partial charge in [-0.2, -0.15) is 0 Å². The van der Waals surface area contributed by atoms with E-state index in [1.807, 2.05) is 0 Å². The molecule has 11 aromatic carbocycles. The molecule has 0 N–H and O–H groups in total. The van der Waals surface area contributed by atoms with Gasteiger partial charge in [0.25, 0.3) is 0 Å². The van der Waals surface area contributed by atoms with Crippen LogP contribution in [-0.2, 0) is 5.41 Å². The molecule has 69 heavy (non-hydrogen) atoms. The summed E-state index contributed by atoms with van der Waals surface area (Å²) in [5.41, 5.74) is 21.1. The summed E-state index contributed by atoms with van der Waals surface area (Å²) in [4.78, 5) is 2.39. The van der Waals surface area contributed by atoms with Crippen molar-refractivity contribution in [3.05, 3.63) is 301 Å². The highest BCUT2D eigenvalue weighted by molar-refractivity contribution is 6.09. The van der Waals surface area contributed by atoms with Crippen LogP contribution in [0.5, 0.6) is 0 Å². The molecule has 324 valence electrons. The first-order valence-corrected chi connectivity index (χ1v) is 23.8. The molecule has 2 nitrogen and oxygen atoms in total. The molecule has 0 radical (unpaired) electrons. The third-order valence-electron chi connectivity index (χ3n) is 14.3. The molecule has 0 saturated carbocycles. The van der Waals surface area contributed by atoms with Crippen molar-refractivity contribution in [1.82, 2.24) is 4.57 Å². The Labute approximate surface area is 403 Å². The molecule has 1 aliphatic rings. The van der Waals surface area contributed by atoms with Crippen molar-refractivity contribution in [2.45, 2.75) is 5.41 Å². The van der Waals surface area contributed by atoms with E-state index >= 15 is 0 Å². The number of rotatable bonds is 9. The molecule has 2 heteroatoms. The second-order valence-electron chi connectivity index (χ2n) is 18.1. The summed E-state index contributed by atoms with van der Waals surface area (Å²) in [6.45, 7) is 0. The van der Waals surface area contributed by atoms with Crippen LogP contribution in [0.15, 0.2) is 279 Å². The van der Waals surface area contributed by atoms with E-state index in [1.165, 1.54) is 83.0 Å². The lowest BCUT2D eigenvalue weighted by Crippen LogP contribution is -2.28. The van der Waals surface area contributed by atoms with Crippen molar-refractivity contribution in [2.24, 2.45) is 0 Å². The molecule has 1 heterocycles. The second kappa shape index (κ2) is 16.7. The smallest absolute Gasteiger partial charge is 0.0713 e. The lowest BCUT2D eigenvalue weighted by molar-refractivity contribution is 0.768. The zero-order chi connectivity index (χ0) is 45.7. The molecule has 0 aliphatic heterocycles. The van der Waals surface area contributed by atoms with Crippen LogP contribution < -0.4 is 4.90 Å². The van der Waals surface area contributed by atoms with Crippen LogP contribution in [0.3, 0.4) is 0 Å². The topological polar surface area (TPSA) is 8.17 Å². The van der Waals surface area contributed by atoms with E-state index < -0.39 is 5.41 Å². The molecule has 0 saturated heterocycles. The highest BCUT2D eigenvalue weighted by Crippen LogP contribution is 2.56. The Bertz CT molecular complexity index is 3640. The largest absolute Gasteiger partial charge is 0.311 e. The third kappa shape index (κ3) is 6.72. The minimum Gasteiger partial charge on any atom is -0.311 e. The van der Waals surface area contributed by atoms with Gasteiger partial charge in [0.1, 0.15) is 0 Å². The monoisotopic (exact) mass is 878 g/mol. The van der Waals surface area contributed by atoms with Crippen molar-refractivity contribution < 1.29 is 0 Å². The zero-order valence-electron chi connectivity index (χ0n) is 38.0. The molecule has 0 spiro atoms. The van der Waals surface area contributed by atoms with Crippen LogP contribution in [0.1, 0.15) is 22.3 Å². The highest BCUT2D eigenvalue weighted by Gasteiger charge is 2.45. The third-order valence-corrected chi connectivity index (χ3v) is 14.3. The lowest BCUT2D eigenvalue weighted by Gasteiger charge is -2.34. The van der Waals surface area contributed by atoms with Gasteiger partial charge in [0.05, 0.1) is 16.4 Å². The Morgan fingerprint density at radius 2 is 0.638 bits per heavy atom. The molecular formula is C67H46N2. The molecule has 1 aliphatic carbocycles. The van der Waals surface area contributed by atoms with Crippen LogP contribution >= 0.6 is 0 Å². The van der Waals surface area contributed by atoms with Crippen LogP contribution in [0.4, 0.5) is 17.1 Å². The van der Waals surface area contributed by atoms with Crippen molar-refractivity contribution in [2.75, 3.05) is 4.90 Å². The van der Waals surface area contributed by atoms with Crippen LogP contribution in [0.25, 0.3) is 72.0 Å². The first-order chi connectivity index (χ1) is 34.2. The minimum atomic E-state index is -0.476. The minimum absolute atomic E-state index is 0.476. The number of nitrogens with zero attached hydrogens (tertiary/aromatic N) is 2. The average molecular weight is 879 g/mol. The Morgan fingerprint density at radius 3 is 1.13 bits per heavy atom. The summed E-state index contributed by atoms with van der Waals surface area (Å²) in [5, 5.41) is 2.51. The summed E-state index contributed by atoms with van der Waals surface area (Å²) >= 11 is 0. The van der Waals surface area contributed by atoms with Gasteiger partial charge in [-0.3, -0.25) is 0 Å². The number of aromatic nitrogens is 1. The van der Waals surface area contributed by atoms with Crippen molar-refractivity contribution in [3.8, 4) is 50.2 Å². The van der Waals surface area contributed by atoms with Gasteiger partial charge in [0.2, 0.25) is 0 Å². The number of hydrogen-bond donors (Lipinski definition) is 0. The Balaban J connectivity index is 0.950. The van der Waals surface area contributed by atoms with E-state index in [4.69, 9.17) is 0 Å². The molecule has 0 fully saturated rings. The first kappa shape index (κ1) is 40.3. The van der Waals surface area contributed by atoms with Gasteiger partial charge < -0.3 is 9.47 Å². The quantitative estimate of drug-likeness (QED) is 0.140. The predicted octanol–water partition coefficient (Wildman–Crippen LogP) is 17.6. The lowest BCUT2D eigenvalue weighted by atomic mass is 9.68. The summed E-state index contributed by atoms with van der Waals surface area (Å²) in [6.07, 6.45) is 0. The van der Waals surface area contributed by atoms with Gasteiger partial charge >= 0.3 is 0 Å². The molecule has 0 amide bonds. The standard InChI is InChI=1S/C67H46N2/c1-4-18-47(19-5-1)50-44-51(48-20-6-2-7-21-48)46-52(45-50)49-32-36-55(37-33-49)68(57-40-42-58(43-41-57)69-65-30-16-12-26-61(65)62-27-13-17-31-66(62)69)56-38-34-54(35-39-56)67(53-22-8-3-9-23-53)63-28-14-10-24-59(63)60-25-11-15-29-64(60)67/h1-46H. The van der Waals surface area contributed by atoms with E-state index in [0.29, 0.717) is 0 Å². The van der Waals surface area contributed by atoms with Crippen LogP contribution in [-0.4, -0.2) is 4.57 Å². The van der Waals surface area contributed by atoms with Crippen LogP contribution in [0.2, 0.25) is 0 Å². The number of anilines is 3. The molecule has 13 rings (SSSR count). The molecule has 1 aromatic heterocycles. The maximum Gasteiger partial charge on any atom is 0.0713 e. The molecular weight excluding hydrogens is 833 g/mol. The van der Waals surface area contributed by atoms with E-state index in [1.54, 1.807) is 0 Å². The first-order valence-electron chi connectivity index (χ1n) is 23.8. The molecule has 12 aromatic rings. The zero-order valence-corrected chi connectivity index (χ0v) is 38.0. The number of fused-ring (bicyclic) bond motifs is 6. The fraction of sp³-hybridized carbons (Fsp3) is 0.0149. The molecule has 0 unspecified atom stereocenters. The fourth-order valence-electron chi connectivity index (χ4n) is 11.2. The van der Waals surface area contributed by atoms with Crippen molar-refractivity contribution in [3.63, 3.8) is 0 Å². The highest BCUT2D eigenvalue weighted by atomic mass is 15.1. The number of hydrogen-bond acceptors (Lipinski definition) is 1. The predicted molar refractivity (Wildman–Crippen MR) is 289 cm³/mol. The van der Waals surface area contributed by atoms with Crippen molar-refractivity contribution in [1.29, 1.82) is 0 Å². The summed E-state index contributed by atoms with van der Waals surface area (Å²) in [5.74, 6) is 0. The Kier molecular flexibility index (Phi) is 9.77.